The van der Waals surface area contributed by atoms with Crippen LogP contribution in [0.25, 0.3) is 0 Å². The Balaban J connectivity index is 2.39. The van der Waals surface area contributed by atoms with Crippen molar-refractivity contribution in [1.82, 2.24) is 0 Å². The summed E-state index contributed by atoms with van der Waals surface area (Å²) in [6.45, 7) is 4.14. The van der Waals surface area contributed by atoms with Gasteiger partial charge in [-0.15, -0.1) is 0 Å². The molecule has 1 fully saturated rings. The summed E-state index contributed by atoms with van der Waals surface area (Å²) in [5, 5.41) is 40.0. The molecule has 1 aliphatic rings. The van der Waals surface area contributed by atoms with E-state index in [-0.39, 0.29) is 19.6 Å². The molecular weight excluding hydrogens is 709 g/mol. The van der Waals surface area contributed by atoms with Crippen molar-refractivity contribution in [1.29, 1.82) is 0 Å². The highest BCUT2D eigenvalue weighted by atomic mass is 16.7. The van der Waals surface area contributed by atoms with Gasteiger partial charge >= 0.3 is 5.97 Å². The van der Waals surface area contributed by atoms with Gasteiger partial charge in [-0.25, -0.2) is 0 Å². The maximum Gasteiger partial charge on any atom is 0.306 e. The maximum absolute atomic E-state index is 12.7. The fraction of sp³-hybridized carbons (Fsp3) is 0.596. The van der Waals surface area contributed by atoms with Crippen LogP contribution in [0, 0.1) is 0 Å². The van der Waals surface area contributed by atoms with Crippen LogP contribution < -0.4 is 0 Å². The Morgan fingerprint density at radius 1 is 0.571 bits per heavy atom. The van der Waals surface area contributed by atoms with Gasteiger partial charge in [0.15, 0.2) is 6.29 Å². The van der Waals surface area contributed by atoms with E-state index >= 15 is 0 Å². The van der Waals surface area contributed by atoms with Crippen LogP contribution in [0.3, 0.4) is 0 Å². The monoisotopic (exact) mass is 783 g/mol. The molecule has 6 atom stereocenters. The molecule has 9 nitrogen and oxygen atoms in total. The Bertz CT molecular complexity index is 1210. The molecule has 0 radical (unpaired) electrons. The van der Waals surface area contributed by atoms with Crippen molar-refractivity contribution in [2.24, 2.45) is 0 Å². The molecule has 4 N–H and O–H groups in total. The number of hydrogen-bond acceptors (Lipinski definition) is 9. The molecule has 1 saturated heterocycles. The average molecular weight is 783 g/mol. The minimum atomic E-state index is -1.56. The standard InChI is InChI=1S/C47H74O9/c1-3-5-7-9-11-13-15-17-19-20-21-22-23-24-26-28-30-32-34-36-43(49)55-41(40-54-47-46(52)45(51)44(50)42(38-48)56-47)39-53-37-35-33-31-29-27-25-18-16-14-12-10-8-6-4-2/h5-8,11-14,17-19,21-22,24-26,30,32,41-42,44-48,50-52H,3-4,9-10,15-16,20,23,27-29,31,33-40H2,1-2H3/b7-5-,8-6-,13-11-,14-12-,19-17-,22-21-,25-18-,26-24-,32-30-. The highest BCUT2D eigenvalue weighted by Gasteiger charge is 2.44. The lowest BCUT2D eigenvalue weighted by atomic mass is 9.99. The smallest absolute Gasteiger partial charge is 0.306 e. The van der Waals surface area contributed by atoms with E-state index in [1.165, 1.54) is 0 Å². The van der Waals surface area contributed by atoms with E-state index in [0.29, 0.717) is 13.0 Å². The third-order valence-electron chi connectivity index (χ3n) is 8.70. The maximum atomic E-state index is 12.7. The van der Waals surface area contributed by atoms with Crippen LogP contribution in [0.15, 0.2) is 109 Å². The molecule has 0 saturated carbocycles. The predicted octanol–water partition coefficient (Wildman–Crippen LogP) is 9.02. The number of allylic oxidation sites excluding steroid dienone is 18. The van der Waals surface area contributed by atoms with Gasteiger partial charge in [0.2, 0.25) is 0 Å². The number of esters is 1. The molecule has 0 amide bonds. The van der Waals surface area contributed by atoms with Gasteiger partial charge in [0.1, 0.15) is 30.5 Å². The number of hydrogen-bond donors (Lipinski definition) is 4. The second-order valence-electron chi connectivity index (χ2n) is 13.7. The number of aliphatic hydroxyl groups excluding tert-OH is 4. The van der Waals surface area contributed by atoms with Crippen molar-refractivity contribution in [2.45, 2.75) is 153 Å². The van der Waals surface area contributed by atoms with Gasteiger partial charge < -0.3 is 39.4 Å². The summed E-state index contributed by atoms with van der Waals surface area (Å²) < 4.78 is 22.6. The molecule has 1 rings (SSSR count). The van der Waals surface area contributed by atoms with Crippen LogP contribution in [0.1, 0.15) is 117 Å². The van der Waals surface area contributed by atoms with Crippen molar-refractivity contribution >= 4 is 5.97 Å². The van der Waals surface area contributed by atoms with Crippen LogP contribution >= 0.6 is 0 Å². The van der Waals surface area contributed by atoms with Crippen molar-refractivity contribution in [3.05, 3.63) is 109 Å². The SMILES string of the molecule is CC/C=C\C/C=C\C/C=C\C/C=C\C/C=C\C/C=C\CCC(=O)OC(COCCCCCC/C=C\C/C=C\C/C=C\CC)COC1OC(CO)C(O)C(O)C1O. The number of unbranched alkanes of at least 4 members (excludes halogenated alkanes) is 4. The van der Waals surface area contributed by atoms with Crippen LogP contribution in [0.2, 0.25) is 0 Å². The molecule has 1 heterocycles. The summed E-state index contributed by atoms with van der Waals surface area (Å²) in [6.07, 6.45) is 45.5. The quantitative estimate of drug-likeness (QED) is 0.0292. The number of rotatable bonds is 33. The normalized spacial score (nSPS) is 21.7. The van der Waals surface area contributed by atoms with Gasteiger partial charge in [-0.1, -0.05) is 136 Å². The Morgan fingerprint density at radius 3 is 1.54 bits per heavy atom. The van der Waals surface area contributed by atoms with Gasteiger partial charge in [0, 0.05) is 13.0 Å². The van der Waals surface area contributed by atoms with Crippen molar-refractivity contribution in [3.63, 3.8) is 0 Å². The van der Waals surface area contributed by atoms with E-state index in [1.807, 2.05) is 12.2 Å². The summed E-state index contributed by atoms with van der Waals surface area (Å²) in [4.78, 5) is 12.7. The van der Waals surface area contributed by atoms with E-state index in [9.17, 15) is 25.2 Å². The van der Waals surface area contributed by atoms with Crippen LogP contribution in [-0.4, -0.2) is 89.6 Å². The Labute approximate surface area is 338 Å². The molecule has 0 aromatic heterocycles. The third kappa shape index (κ3) is 28.3. The molecule has 0 spiro atoms. The van der Waals surface area contributed by atoms with E-state index < -0.39 is 49.4 Å². The van der Waals surface area contributed by atoms with Crippen LogP contribution in [0.4, 0.5) is 0 Å². The number of aliphatic hydroxyl groups is 4. The summed E-state index contributed by atoms with van der Waals surface area (Å²) in [6, 6.07) is 0. The largest absolute Gasteiger partial charge is 0.457 e. The molecule has 6 unspecified atom stereocenters. The lowest BCUT2D eigenvalue weighted by Crippen LogP contribution is -2.59. The van der Waals surface area contributed by atoms with E-state index in [2.05, 4.69) is 111 Å². The number of carbonyl (C=O) groups excluding carboxylic acids is 1. The van der Waals surface area contributed by atoms with Crippen molar-refractivity contribution in [3.8, 4) is 0 Å². The number of carbonyl (C=O) groups is 1. The molecule has 316 valence electrons. The molecule has 0 bridgehead atoms. The first-order valence-corrected chi connectivity index (χ1v) is 21.0. The fourth-order valence-corrected chi connectivity index (χ4v) is 5.47. The summed E-state index contributed by atoms with van der Waals surface area (Å²) in [5.74, 6) is -0.410. The minimum absolute atomic E-state index is 0.0908. The first-order valence-electron chi connectivity index (χ1n) is 21.0. The molecule has 56 heavy (non-hydrogen) atoms. The lowest BCUT2D eigenvalue weighted by Gasteiger charge is -2.39. The van der Waals surface area contributed by atoms with Gasteiger partial charge in [0.25, 0.3) is 0 Å². The van der Waals surface area contributed by atoms with E-state index in [1.54, 1.807) is 0 Å². The van der Waals surface area contributed by atoms with Gasteiger partial charge in [-0.2, -0.15) is 0 Å². The van der Waals surface area contributed by atoms with Crippen LogP contribution in [-0.2, 0) is 23.7 Å². The molecule has 9 heteroatoms. The van der Waals surface area contributed by atoms with Crippen molar-refractivity contribution in [2.75, 3.05) is 26.4 Å². The molecule has 0 aliphatic carbocycles. The van der Waals surface area contributed by atoms with Gasteiger partial charge in [0.05, 0.1) is 19.8 Å². The predicted molar refractivity (Wildman–Crippen MR) is 228 cm³/mol. The van der Waals surface area contributed by atoms with E-state index in [0.717, 1.165) is 89.9 Å². The summed E-state index contributed by atoms with van der Waals surface area (Å²) >= 11 is 0. The molecule has 0 aromatic rings. The second kappa shape index (κ2) is 37.4. The van der Waals surface area contributed by atoms with Crippen molar-refractivity contribution < 1.29 is 44.2 Å². The summed E-state index contributed by atoms with van der Waals surface area (Å²) in [7, 11) is 0. The van der Waals surface area contributed by atoms with Gasteiger partial charge in [-0.05, 0) is 83.5 Å². The van der Waals surface area contributed by atoms with Gasteiger partial charge in [-0.3, -0.25) is 4.79 Å². The molecule has 0 aromatic carbocycles. The minimum Gasteiger partial charge on any atom is -0.457 e. The lowest BCUT2D eigenvalue weighted by molar-refractivity contribution is -0.305. The zero-order valence-electron chi connectivity index (χ0n) is 34.3. The third-order valence-corrected chi connectivity index (χ3v) is 8.70. The second-order valence-corrected chi connectivity index (χ2v) is 13.7. The Morgan fingerprint density at radius 2 is 1.04 bits per heavy atom. The van der Waals surface area contributed by atoms with E-state index in [4.69, 9.17) is 18.9 Å². The average Bonchev–Trinajstić information content (AvgIpc) is 3.20. The Kier molecular flexibility index (Phi) is 34.0. The fourth-order valence-electron chi connectivity index (χ4n) is 5.47. The topological polar surface area (TPSA) is 135 Å². The first kappa shape index (κ1) is 50.9. The summed E-state index contributed by atoms with van der Waals surface area (Å²) in [5.41, 5.74) is 0. The first-order chi connectivity index (χ1) is 27.4. The molecular formula is C47H74O9. The number of ether oxygens (including phenoxy) is 4. The Hall–Kier alpha value is -3.15. The zero-order chi connectivity index (χ0) is 40.7. The molecule has 1 aliphatic heterocycles. The highest BCUT2D eigenvalue weighted by Crippen LogP contribution is 2.22. The van der Waals surface area contributed by atoms with Crippen LogP contribution in [0.5, 0.6) is 0 Å². The zero-order valence-corrected chi connectivity index (χ0v) is 34.3. The highest BCUT2D eigenvalue weighted by molar-refractivity contribution is 5.69.